The van der Waals surface area contributed by atoms with Crippen LogP contribution >= 0.6 is 11.6 Å². The second-order valence-electron chi connectivity index (χ2n) is 3.12. The number of halogens is 1. The smallest absolute Gasteiger partial charge is 0.313 e. The van der Waals surface area contributed by atoms with E-state index in [1.807, 2.05) is 0 Å². The summed E-state index contributed by atoms with van der Waals surface area (Å²) in [5.74, 6) is 0.251. The summed E-state index contributed by atoms with van der Waals surface area (Å²) in [6.07, 6.45) is 1.53. The van der Waals surface area contributed by atoms with Crippen LogP contribution in [0.4, 0.5) is 5.69 Å². The second-order valence-corrected chi connectivity index (χ2v) is 3.52. The SMILES string of the molecule is O=[N+]([O-])c1cccc(Cl)c1Oc1ccccn1. The van der Waals surface area contributed by atoms with Crippen LogP contribution in [-0.2, 0) is 0 Å². The van der Waals surface area contributed by atoms with Gasteiger partial charge in [0.1, 0.15) is 0 Å². The molecule has 0 bridgehead atoms. The van der Waals surface area contributed by atoms with E-state index in [1.54, 1.807) is 18.2 Å². The molecule has 6 heteroatoms. The summed E-state index contributed by atoms with van der Waals surface area (Å²) in [5, 5.41) is 11.0. The molecular weight excluding hydrogens is 244 g/mol. The van der Waals surface area contributed by atoms with Gasteiger partial charge in [-0.15, -0.1) is 0 Å². The van der Waals surface area contributed by atoms with Gasteiger partial charge in [0, 0.05) is 18.3 Å². The number of ether oxygens (including phenoxy) is 1. The van der Waals surface area contributed by atoms with E-state index in [0.717, 1.165) is 0 Å². The zero-order chi connectivity index (χ0) is 12.3. The molecule has 1 aromatic heterocycles. The Morgan fingerprint density at radius 1 is 1.24 bits per heavy atom. The van der Waals surface area contributed by atoms with Crippen molar-refractivity contribution in [3.05, 3.63) is 57.7 Å². The van der Waals surface area contributed by atoms with E-state index in [9.17, 15) is 10.1 Å². The zero-order valence-corrected chi connectivity index (χ0v) is 9.29. The van der Waals surface area contributed by atoms with Crippen molar-refractivity contribution >= 4 is 17.3 Å². The quantitative estimate of drug-likeness (QED) is 0.618. The summed E-state index contributed by atoms with van der Waals surface area (Å²) in [4.78, 5) is 14.2. The summed E-state index contributed by atoms with van der Waals surface area (Å²) in [5.41, 5.74) is -0.192. The molecule has 0 aliphatic heterocycles. The molecule has 0 aliphatic carbocycles. The maximum atomic E-state index is 10.8. The Kier molecular flexibility index (Phi) is 3.20. The van der Waals surface area contributed by atoms with Crippen molar-refractivity contribution < 1.29 is 9.66 Å². The first-order chi connectivity index (χ1) is 8.18. The number of para-hydroxylation sites is 1. The van der Waals surface area contributed by atoms with E-state index in [4.69, 9.17) is 16.3 Å². The highest BCUT2D eigenvalue weighted by Gasteiger charge is 2.19. The molecule has 1 heterocycles. The van der Waals surface area contributed by atoms with Crippen molar-refractivity contribution in [3.63, 3.8) is 0 Å². The van der Waals surface area contributed by atoms with Crippen LogP contribution in [0.25, 0.3) is 0 Å². The number of hydrogen-bond donors (Lipinski definition) is 0. The van der Waals surface area contributed by atoms with Gasteiger partial charge in [0.2, 0.25) is 11.6 Å². The van der Waals surface area contributed by atoms with Gasteiger partial charge in [-0.25, -0.2) is 4.98 Å². The molecule has 5 nitrogen and oxygen atoms in total. The Balaban J connectivity index is 2.41. The van der Waals surface area contributed by atoms with Crippen molar-refractivity contribution in [2.45, 2.75) is 0 Å². The average Bonchev–Trinajstić information content (AvgIpc) is 2.33. The van der Waals surface area contributed by atoms with Gasteiger partial charge >= 0.3 is 5.69 Å². The van der Waals surface area contributed by atoms with Crippen LogP contribution in [-0.4, -0.2) is 9.91 Å². The third-order valence-electron chi connectivity index (χ3n) is 1.99. The Bertz CT molecular complexity index is 546. The molecule has 0 saturated carbocycles. The van der Waals surface area contributed by atoms with E-state index in [-0.39, 0.29) is 22.3 Å². The van der Waals surface area contributed by atoms with Gasteiger partial charge in [-0.3, -0.25) is 10.1 Å². The van der Waals surface area contributed by atoms with E-state index in [1.165, 1.54) is 24.4 Å². The highest BCUT2D eigenvalue weighted by Crippen LogP contribution is 2.36. The van der Waals surface area contributed by atoms with Crippen LogP contribution in [0.15, 0.2) is 42.6 Å². The van der Waals surface area contributed by atoms with Crippen molar-refractivity contribution in [1.82, 2.24) is 4.98 Å². The monoisotopic (exact) mass is 250 g/mol. The summed E-state index contributed by atoms with van der Waals surface area (Å²) < 4.78 is 5.32. The molecule has 1 aromatic carbocycles. The molecule has 17 heavy (non-hydrogen) atoms. The van der Waals surface area contributed by atoms with Crippen LogP contribution in [0.1, 0.15) is 0 Å². The number of aromatic nitrogens is 1. The Morgan fingerprint density at radius 3 is 2.71 bits per heavy atom. The van der Waals surface area contributed by atoms with E-state index in [2.05, 4.69) is 4.98 Å². The van der Waals surface area contributed by atoms with Gasteiger partial charge in [0.15, 0.2) is 0 Å². The van der Waals surface area contributed by atoms with E-state index in [0.29, 0.717) is 0 Å². The lowest BCUT2D eigenvalue weighted by atomic mass is 10.3. The molecule has 0 radical (unpaired) electrons. The van der Waals surface area contributed by atoms with Gasteiger partial charge in [-0.1, -0.05) is 23.7 Å². The molecule has 0 N–H and O–H groups in total. The fourth-order valence-electron chi connectivity index (χ4n) is 1.25. The summed E-state index contributed by atoms with van der Waals surface area (Å²) in [7, 11) is 0. The predicted octanol–water partition coefficient (Wildman–Crippen LogP) is 3.44. The molecule has 0 spiro atoms. The average molecular weight is 251 g/mol. The Labute approximate surface area is 102 Å². The standard InChI is InChI=1S/C11H7ClN2O3/c12-8-4-3-5-9(14(15)16)11(8)17-10-6-1-2-7-13-10/h1-7H. The summed E-state index contributed by atoms with van der Waals surface area (Å²) >= 11 is 5.87. The minimum absolute atomic E-state index is 0.00198. The van der Waals surface area contributed by atoms with E-state index >= 15 is 0 Å². The van der Waals surface area contributed by atoms with Crippen LogP contribution in [0.5, 0.6) is 11.6 Å². The number of hydrogen-bond acceptors (Lipinski definition) is 4. The number of nitro benzene ring substituents is 1. The molecule has 0 atom stereocenters. The lowest BCUT2D eigenvalue weighted by Gasteiger charge is -2.06. The van der Waals surface area contributed by atoms with Crippen LogP contribution in [0.2, 0.25) is 5.02 Å². The molecule has 0 saturated heterocycles. The molecule has 0 fully saturated rings. The Morgan fingerprint density at radius 2 is 2.06 bits per heavy atom. The first-order valence-electron chi connectivity index (χ1n) is 4.70. The lowest BCUT2D eigenvalue weighted by molar-refractivity contribution is -0.385. The van der Waals surface area contributed by atoms with Crippen LogP contribution < -0.4 is 4.74 Å². The largest absolute Gasteiger partial charge is 0.430 e. The lowest BCUT2D eigenvalue weighted by Crippen LogP contribution is -1.94. The fraction of sp³-hybridized carbons (Fsp3) is 0. The molecule has 0 aliphatic rings. The highest BCUT2D eigenvalue weighted by atomic mass is 35.5. The minimum atomic E-state index is -0.551. The van der Waals surface area contributed by atoms with E-state index < -0.39 is 4.92 Å². The third-order valence-corrected chi connectivity index (χ3v) is 2.28. The van der Waals surface area contributed by atoms with Gasteiger partial charge in [-0.05, 0) is 12.1 Å². The maximum absolute atomic E-state index is 10.8. The summed E-state index contributed by atoms with van der Waals surface area (Å²) in [6.45, 7) is 0. The van der Waals surface area contributed by atoms with Gasteiger partial charge in [-0.2, -0.15) is 0 Å². The number of nitro groups is 1. The van der Waals surface area contributed by atoms with Crippen LogP contribution in [0, 0.1) is 10.1 Å². The fourth-order valence-corrected chi connectivity index (χ4v) is 1.46. The molecule has 86 valence electrons. The number of benzene rings is 1. The van der Waals surface area contributed by atoms with Gasteiger partial charge in [0.25, 0.3) is 0 Å². The number of nitrogens with zero attached hydrogens (tertiary/aromatic N) is 2. The zero-order valence-electron chi connectivity index (χ0n) is 8.54. The third kappa shape index (κ3) is 2.51. The van der Waals surface area contributed by atoms with Gasteiger partial charge in [0.05, 0.1) is 9.95 Å². The van der Waals surface area contributed by atoms with Gasteiger partial charge < -0.3 is 4.74 Å². The number of rotatable bonds is 3. The number of pyridine rings is 1. The van der Waals surface area contributed by atoms with Crippen molar-refractivity contribution in [3.8, 4) is 11.6 Å². The Hall–Kier alpha value is -2.14. The van der Waals surface area contributed by atoms with Crippen LogP contribution in [0.3, 0.4) is 0 Å². The molecule has 0 unspecified atom stereocenters. The maximum Gasteiger partial charge on any atom is 0.313 e. The normalized spacial score (nSPS) is 9.94. The first kappa shape index (κ1) is 11.3. The molecule has 2 rings (SSSR count). The van der Waals surface area contributed by atoms with Crippen molar-refractivity contribution in [1.29, 1.82) is 0 Å². The minimum Gasteiger partial charge on any atom is -0.430 e. The van der Waals surface area contributed by atoms with Crippen molar-refractivity contribution in [2.75, 3.05) is 0 Å². The second kappa shape index (κ2) is 4.80. The highest BCUT2D eigenvalue weighted by molar-refractivity contribution is 6.32. The van der Waals surface area contributed by atoms with Crippen molar-refractivity contribution in [2.24, 2.45) is 0 Å². The molecule has 2 aromatic rings. The molecule has 0 amide bonds. The first-order valence-corrected chi connectivity index (χ1v) is 5.08. The molecular formula is C11H7ClN2O3. The summed E-state index contributed by atoms with van der Waals surface area (Å²) in [6, 6.07) is 9.36. The predicted molar refractivity (Wildman–Crippen MR) is 62.4 cm³/mol. The topological polar surface area (TPSA) is 65.3 Å².